The molecule has 0 saturated heterocycles. The third-order valence-corrected chi connectivity index (χ3v) is 5.14. The van der Waals surface area contributed by atoms with Crippen molar-refractivity contribution in [1.29, 1.82) is 0 Å². The van der Waals surface area contributed by atoms with Crippen molar-refractivity contribution >= 4 is 45.5 Å². The van der Waals surface area contributed by atoms with Gasteiger partial charge in [0.2, 0.25) is 0 Å². The van der Waals surface area contributed by atoms with Crippen molar-refractivity contribution in [3.8, 4) is 0 Å². The summed E-state index contributed by atoms with van der Waals surface area (Å²) in [6.45, 7) is 0. The number of aromatic carboxylic acids is 4. The monoisotopic (exact) mass is 396 g/mol. The summed E-state index contributed by atoms with van der Waals surface area (Å²) in [5.74, 6) is -5.98. The molecule has 2 aromatic heterocycles. The van der Waals surface area contributed by atoms with E-state index in [1.807, 2.05) is 0 Å². The highest BCUT2D eigenvalue weighted by atomic mass is 33.1. The van der Waals surface area contributed by atoms with E-state index in [1.165, 1.54) is 0 Å². The van der Waals surface area contributed by atoms with Crippen molar-refractivity contribution in [2.75, 3.05) is 0 Å². The van der Waals surface area contributed by atoms with Crippen LogP contribution >= 0.6 is 21.6 Å². The Morgan fingerprint density at radius 3 is 1.27 bits per heavy atom. The van der Waals surface area contributed by atoms with Crippen molar-refractivity contribution in [3.05, 3.63) is 46.8 Å². The van der Waals surface area contributed by atoms with E-state index in [1.54, 1.807) is 0 Å². The summed E-state index contributed by atoms with van der Waals surface area (Å²) >= 11 is 0. The van der Waals surface area contributed by atoms with Gasteiger partial charge in [-0.2, -0.15) is 0 Å². The molecule has 0 aromatic carbocycles. The number of pyridine rings is 2. The number of hydrogen-bond acceptors (Lipinski definition) is 8. The highest BCUT2D eigenvalue weighted by molar-refractivity contribution is 8.76. The van der Waals surface area contributed by atoms with Crippen LogP contribution in [0.1, 0.15) is 41.4 Å². The molecule has 0 aliphatic carbocycles. The first-order chi connectivity index (χ1) is 12.2. The van der Waals surface area contributed by atoms with Crippen LogP contribution in [0.2, 0.25) is 0 Å². The third kappa shape index (κ3) is 3.92. The Balaban J connectivity index is 2.45. The molecule has 0 spiro atoms. The molecule has 0 aliphatic rings. The van der Waals surface area contributed by atoms with Crippen LogP contribution in [0.5, 0.6) is 0 Å². The molecule has 4 N–H and O–H groups in total. The highest BCUT2D eigenvalue weighted by Gasteiger charge is 2.25. The first-order valence-electron chi connectivity index (χ1n) is 6.49. The second kappa shape index (κ2) is 7.84. The van der Waals surface area contributed by atoms with Crippen LogP contribution in [-0.2, 0) is 0 Å². The molecule has 0 atom stereocenters. The molecular formula is C14H8N2O8S2. The van der Waals surface area contributed by atoms with E-state index < -0.39 is 46.1 Å². The maximum absolute atomic E-state index is 11.4. The minimum atomic E-state index is -1.52. The Bertz CT molecular complexity index is 856. The highest BCUT2D eigenvalue weighted by Crippen LogP contribution is 2.39. The minimum Gasteiger partial charge on any atom is -0.478 e. The lowest BCUT2D eigenvalue weighted by Crippen LogP contribution is -2.11. The van der Waals surface area contributed by atoms with Gasteiger partial charge in [-0.15, -0.1) is 0 Å². The van der Waals surface area contributed by atoms with E-state index >= 15 is 0 Å². The first-order valence-corrected chi connectivity index (χ1v) is 8.64. The molecule has 0 radical (unpaired) electrons. The maximum atomic E-state index is 11.4. The van der Waals surface area contributed by atoms with E-state index in [9.17, 15) is 29.4 Å². The molecule has 2 aromatic rings. The largest absolute Gasteiger partial charge is 0.478 e. The normalized spacial score (nSPS) is 10.3. The zero-order chi connectivity index (χ0) is 19.4. The van der Waals surface area contributed by atoms with Gasteiger partial charge in [-0.05, 0) is 33.7 Å². The second-order valence-electron chi connectivity index (χ2n) is 4.46. The fraction of sp³-hybridized carbons (Fsp3) is 0. The van der Waals surface area contributed by atoms with Crippen molar-refractivity contribution in [3.63, 3.8) is 0 Å². The van der Waals surface area contributed by atoms with Crippen LogP contribution in [0.3, 0.4) is 0 Å². The molecule has 12 heteroatoms. The molecular weight excluding hydrogens is 388 g/mol. The fourth-order valence-electron chi connectivity index (χ4n) is 1.86. The summed E-state index contributed by atoms with van der Waals surface area (Å²) in [5, 5.41) is 36.2. The number of carboxylic acids is 4. The van der Waals surface area contributed by atoms with Gasteiger partial charge in [-0.1, -0.05) is 0 Å². The van der Waals surface area contributed by atoms with Gasteiger partial charge in [0.25, 0.3) is 0 Å². The summed E-state index contributed by atoms with van der Waals surface area (Å²) in [7, 11) is 1.31. The summed E-state index contributed by atoms with van der Waals surface area (Å²) in [5.41, 5.74) is -2.10. The van der Waals surface area contributed by atoms with Crippen LogP contribution < -0.4 is 0 Å². The maximum Gasteiger partial charge on any atom is 0.339 e. The van der Waals surface area contributed by atoms with Gasteiger partial charge in [0.15, 0.2) is 0 Å². The molecule has 0 unspecified atom stereocenters. The Morgan fingerprint density at radius 1 is 0.654 bits per heavy atom. The van der Waals surface area contributed by atoms with Crippen LogP contribution in [0.4, 0.5) is 0 Å². The van der Waals surface area contributed by atoms with Gasteiger partial charge >= 0.3 is 23.9 Å². The van der Waals surface area contributed by atoms with Crippen molar-refractivity contribution in [2.45, 2.75) is 10.1 Å². The van der Waals surface area contributed by atoms with Gasteiger partial charge in [-0.3, -0.25) is 0 Å². The Kier molecular flexibility index (Phi) is 5.79. The number of rotatable bonds is 7. The number of hydrogen-bond donors (Lipinski definition) is 4. The van der Waals surface area contributed by atoms with Crippen LogP contribution in [0, 0.1) is 0 Å². The number of carboxylic acid groups (broad SMARTS) is 4. The molecule has 0 amide bonds. The topological polar surface area (TPSA) is 175 Å². The number of carbonyl (C=O) groups is 4. The lowest BCUT2D eigenvalue weighted by atomic mass is 10.1. The lowest BCUT2D eigenvalue weighted by Gasteiger charge is -2.09. The van der Waals surface area contributed by atoms with Gasteiger partial charge in [0.05, 0.1) is 11.1 Å². The SMILES string of the molecule is O=C(O)c1ccnc(SSc2nccc(C(=O)O)c2C(=O)O)c1C(=O)O. The number of nitrogens with zero attached hydrogens (tertiary/aromatic N) is 2. The van der Waals surface area contributed by atoms with E-state index in [0.717, 1.165) is 24.5 Å². The summed E-state index contributed by atoms with van der Waals surface area (Å²) in [4.78, 5) is 52.6. The van der Waals surface area contributed by atoms with Crippen molar-refractivity contribution in [2.24, 2.45) is 0 Å². The minimum absolute atomic E-state index is 0.193. The van der Waals surface area contributed by atoms with E-state index in [4.69, 9.17) is 10.2 Å². The summed E-state index contributed by atoms with van der Waals surface area (Å²) in [6.07, 6.45) is 2.19. The molecule has 0 fully saturated rings. The van der Waals surface area contributed by atoms with Crippen molar-refractivity contribution < 1.29 is 39.6 Å². The van der Waals surface area contributed by atoms with E-state index in [-0.39, 0.29) is 10.1 Å². The molecule has 0 saturated carbocycles. The van der Waals surface area contributed by atoms with Crippen LogP contribution in [0.25, 0.3) is 0 Å². The molecule has 0 bridgehead atoms. The van der Waals surface area contributed by atoms with Gasteiger partial charge in [-0.25, -0.2) is 29.1 Å². The van der Waals surface area contributed by atoms with Gasteiger partial charge < -0.3 is 20.4 Å². The third-order valence-electron chi connectivity index (χ3n) is 2.92. The average Bonchev–Trinajstić information content (AvgIpc) is 2.58. The summed E-state index contributed by atoms with van der Waals surface area (Å²) in [6, 6.07) is 2.04. The summed E-state index contributed by atoms with van der Waals surface area (Å²) < 4.78 is 0. The lowest BCUT2D eigenvalue weighted by molar-refractivity contribution is 0.0647. The zero-order valence-electron chi connectivity index (χ0n) is 12.4. The van der Waals surface area contributed by atoms with Gasteiger partial charge in [0, 0.05) is 12.4 Å². The smallest absolute Gasteiger partial charge is 0.339 e. The molecule has 0 aliphatic heterocycles. The molecule has 2 rings (SSSR count). The Morgan fingerprint density at radius 2 is 1.00 bits per heavy atom. The first kappa shape index (κ1) is 19.2. The quantitative estimate of drug-likeness (QED) is 0.502. The second-order valence-corrected chi connectivity index (χ2v) is 6.57. The predicted molar refractivity (Wildman–Crippen MR) is 88.0 cm³/mol. The average molecular weight is 396 g/mol. The van der Waals surface area contributed by atoms with Crippen molar-refractivity contribution in [1.82, 2.24) is 9.97 Å². The molecule has 10 nitrogen and oxygen atoms in total. The molecule has 134 valence electrons. The molecule has 2 heterocycles. The standard InChI is InChI=1S/C14H8N2O8S2/c17-11(18)5-1-3-15-9(7(5)13(21)22)25-26-10-8(14(23)24)6(12(19)20)2-4-16-10/h1-4H,(H,17,18)(H,19,20)(H,21,22)(H,23,24). The zero-order valence-corrected chi connectivity index (χ0v) is 14.1. The Hall–Kier alpha value is -3.12. The molecule has 26 heavy (non-hydrogen) atoms. The van der Waals surface area contributed by atoms with E-state index in [2.05, 4.69) is 9.97 Å². The fourth-order valence-corrected chi connectivity index (χ4v) is 4.02. The van der Waals surface area contributed by atoms with E-state index in [0.29, 0.717) is 21.6 Å². The predicted octanol–water partition coefficient (Wildman–Crippen LogP) is 2.07. The van der Waals surface area contributed by atoms with Gasteiger partial charge in [0.1, 0.15) is 21.2 Å². The van der Waals surface area contributed by atoms with Crippen LogP contribution in [-0.4, -0.2) is 54.3 Å². The van der Waals surface area contributed by atoms with Crippen LogP contribution in [0.15, 0.2) is 34.6 Å². The Labute approximate surface area is 152 Å². The number of aromatic nitrogens is 2.